The Morgan fingerprint density at radius 2 is 1.76 bits per heavy atom. The lowest BCUT2D eigenvalue weighted by atomic mass is 9.95. The van der Waals surface area contributed by atoms with Crippen molar-refractivity contribution in [2.45, 2.75) is 45.3 Å². The van der Waals surface area contributed by atoms with Gasteiger partial charge in [0.05, 0.1) is 35.6 Å². The average Bonchev–Trinajstić information content (AvgIpc) is 3.48. The van der Waals surface area contributed by atoms with E-state index in [1.807, 2.05) is 44.2 Å². The molecule has 49 heavy (non-hydrogen) atoms. The number of carbonyl (C=O) groups excluding carboxylic acids is 1. The van der Waals surface area contributed by atoms with Gasteiger partial charge in [-0.1, -0.05) is 53.9 Å². The number of nitrogens with one attached hydrogen (secondary N) is 1. The third-order valence-electron chi connectivity index (χ3n) is 7.79. The number of alkyl halides is 3. The van der Waals surface area contributed by atoms with Gasteiger partial charge in [0.2, 0.25) is 5.91 Å². The number of rotatable bonds is 3. The lowest BCUT2D eigenvalue weighted by Crippen LogP contribution is -2.27. The first-order valence-corrected chi connectivity index (χ1v) is 15.6. The highest BCUT2D eigenvalue weighted by molar-refractivity contribution is 6.31. The van der Waals surface area contributed by atoms with E-state index in [-0.39, 0.29) is 28.6 Å². The number of anilines is 1. The number of aliphatic carboxylic acids is 1. The fraction of sp³-hybridized carbons (Fsp3) is 0.242. The number of pyridine rings is 1. The maximum Gasteiger partial charge on any atom is 0.490 e. The number of hydrogen-bond donors (Lipinski definition) is 2. The van der Waals surface area contributed by atoms with Gasteiger partial charge in [-0.15, -0.1) is 5.10 Å². The van der Waals surface area contributed by atoms with Crippen molar-refractivity contribution in [1.29, 1.82) is 0 Å². The number of halogens is 5. The van der Waals surface area contributed by atoms with Crippen LogP contribution in [0.1, 0.15) is 43.5 Å². The van der Waals surface area contributed by atoms with Gasteiger partial charge in [0.15, 0.2) is 5.15 Å². The second-order valence-corrected chi connectivity index (χ2v) is 12.1. The Hall–Kier alpha value is -5.08. The fourth-order valence-corrected chi connectivity index (χ4v) is 5.61. The van der Waals surface area contributed by atoms with E-state index in [1.54, 1.807) is 41.5 Å². The van der Waals surface area contributed by atoms with Crippen LogP contribution in [0.25, 0.3) is 28.1 Å². The van der Waals surface area contributed by atoms with Gasteiger partial charge in [-0.3, -0.25) is 19.1 Å². The van der Waals surface area contributed by atoms with E-state index in [0.717, 1.165) is 28.1 Å². The molecule has 16 heteroatoms. The van der Waals surface area contributed by atoms with Crippen LogP contribution in [0, 0.1) is 12.8 Å². The molecule has 1 aliphatic rings. The molecule has 0 saturated heterocycles. The van der Waals surface area contributed by atoms with Crippen LogP contribution in [0.15, 0.2) is 78.1 Å². The Morgan fingerprint density at radius 1 is 1.00 bits per heavy atom. The summed E-state index contributed by atoms with van der Waals surface area (Å²) in [6, 6.07) is 16.2. The summed E-state index contributed by atoms with van der Waals surface area (Å²) in [7, 11) is 0. The number of aryl methyl sites for hydroxylation is 1. The largest absolute Gasteiger partial charge is 0.490 e. The maximum absolute atomic E-state index is 13.7. The zero-order valence-electron chi connectivity index (χ0n) is 25.9. The van der Waals surface area contributed by atoms with Crippen LogP contribution in [0.3, 0.4) is 0 Å². The van der Waals surface area contributed by atoms with Gasteiger partial charge in [0.25, 0.3) is 5.56 Å². The molecule has 1 amide bonds. The van der Waals surface area contributed by atoms with Crippen molar-refractivity contribution in [1.82, 2.24) is 29.5 Å². The molecular weight excluding hydrogens is 686 g/mol. The highest BCUT2D eigenvalue weighted by Crippen LogP contribution is 2.34. The number of hydrogen-bond acceptors (Lipinski definition) is 7. The van der Waals surface area contributed by atoms with Crippen molar-refractivity contribution in [2.75, 3.05) is 5.32 Å². The van der Waals surface area contributed by atoms with Crippen molar-refractivity contribution in [3.8, 4) is 28.1 Å². The van der Waals surface area contributed by atoms with Crippen molar-refractivity contribution in [3.63, 3.8) is 0 Å². The van der Waals surface area contributed by atoms with Gasteiger partial charge in [-0.25, -0.2) is 14.5 Å². The van der Waals surface area contributed by atoms with Gasteiger partial charge < -0.3 is 10.4 Å². The molecule has 1 aliphatic heterocycles. The number of benzene rings is 2. The van der Waals surface area contributed by atoms with Gasteiger partial charge in [-0.05, 0) is 67.3 Å². The molecule has 0 aliphatic carbocycles. The average molecular weight is 715 g/mol. The molecule has 0 radical (unpaired) electrons. The van der Waals surface area contributed by atoms with Crippen molar-refractivity contribution >= 4 is 40.8 Å². The van der Waals surface area contributed by atoms with Crippen LogP contribution in [-0.4, -0.2) is 52.7 Å². The van der Waals surface area contributed by atoms with Gasteiger partial charge in [0, 0.05) is 40.0 Å². The number of fused-ring (bicyclic) bond motifs is 4. The number of aromatic nitrogens is 6. The molecule has 0 saturated carbocycles. The number of carboxylic acids is 1. The normalized spacial score (nSPS) is 16.3. The minimum atomic E-state index is -5.08. The molecular formula is C33H28Cl2F3N7O4. The Labute approximate surface area is 287 Å². The van der Waals surface area contributed by atoms with Crippen molar-refractivity contribution in [3.05, 3.63) is 105 Å². The highest BCUT2D eigenvalue weighted by Gasteiger charge is 2.38. The molecule has 0 unspecified atom stereocenters. The monoisotopic (exact) mass is 713 g/mol. The molecule has 2 N–H and O–H groups in total. The molecule has 254 valence electrons. The quantitative estimate of drug-likeness (QED) is 0.201. The minimum absolute atomic E-state index is 0.0255. The summed E-state index contributed by atoms with van der Waals surface area (Å²) in [5.74, 6) is -2.98. The molecule has 0 spiro atoms. The SMILES string of the molecule is Cc1ccc2c(c1)NC(=O)[C@H](C)CCC[C@H](n1cnc(-c3cc(Cl)ccc3-n3cc(Cl)nn3)cc1=O)c1cc-2ccn1.O=C(O)C(F)(F)F. The Bertz CT molecular complexity index is 2080. The Morgan fingerprint density at radius 3 is 2.43 bits per heavy atom. The molecule has 5 aromatic rings. The van der Waals surface area contributed by atoms with E-state index in [2.05, 4.69) is 25.6 Å². The van der Waals surface area contributed by atoms with E-state index in [4.69, 9.17) is 33.1 Å². The third kappa shape index (κ3) is 8.32. The molecule has 3 aromatic heterocycles. The van der Waals surface area contributed by atoms with Crippen LogP contribution in [0.2, 0.25) is 10.2 Å². The van der Waals surface area contributed by atoms with Crippen LogP contribution in [0.5, 0.6) is 0 Å². The second-order valence-electron chi connectivity index (χ2n) is 11.3. The van der Waals surface area contributed by atoms with Crippen LogP contribution in [0.4, 0.5) is 18.9 Å². The predicted molar refractivity (Wildman–Crippen MR) is 177 cm³/mol. The number of carbonyl (C=O) groups is 2. The first-order valence-electron chi connectivity index (χ1n) is 14.9. The maximum atomic E-state index is 13.7. The summed E-state index contributed by atoms with van der Waals surface area (Å²) in [5.41, 5.74) is 5.79. The summed E-state index contributed by atoms with van der Waals surface area (Å²) < 4.78 is 34.9. The van der Waals surface area contributed by atoms with Crippen molar-refractivity contribution in [2.24, 2.45) is 5.92 Å². The molecule has 0 fully saturated rings. The molecule has 6 rings (SSSR count). The van der Waals surface area contributed by atoms with Crippen LogP contribution >= 0.6 is 23.2 Å². The fourth-order valence-electron chi connectivity index (χ4n) is 5.31. The third-order valence-corrected chi connectivity index (χ3v) is 8.20. The van der Waals surface area contributed by atoms with Gasteiger partial charge in [-0.2, -0.15) is 13.2 Å². The lowest BCUT2D eigenvalue weighted by molar-refractivity contribution is -0.192. The minimum Gasteiger partial charge on any atom is -0.475 e. The van der Waals surface area contributed by atoms with Crippen LogP contribution < -0.4 is 10.9 Å². The summed E-state index contributed by atoms with van der Waals surface area (Å²) in [6.07, 6.45) is 1.76. The molecule has 2 bridgehead atoms. The van der Waals surface area contributed by atoms with Gasteiger partial charge in [0.1, 0.15) is 0 Å². The van der Waals surface area contributed by atoms with E-state index in [0.29, 0.717) is 41.2 Å². The molecule has 2 atom stereocenters. The standard InChI is InChI=1S/C31H27Cl2N7O2.C2HF3O2/c1-18-6-8-22-20-10-11-34-26(13-20)28(5-3-4-19(2)31(42)36-25(22)12-18)39-17-35-24(15-30(39)41)23-14-21(32)7-9-27(23)40-16-29(33)37-38-40;3-2(4,5)1(6)7/h6-17,19,28H,3-5H2,1-2H3,(H,36,42);(H,6,7)/t19-,28+;/m1./s1. The topological polar surface area (TPSA) is 145 Å². The molecule has 11 nitrogen and oxygen atoms in total. The summed E-state index contributed by atoms with van der Waals surface area (Å²) in [6.45, 7) is 3.92. The summed E-state index contributed by atoms with van der Waals surface area (Å²) in [5, 5.41) is 18.9. The Balaban J connectivity index is 0.000000606. The summed E-state index contributed by atoms with van der Waals surface area (Å²) >= 11 is 12.3. The summed E-state index contributed by atoms with van der Waals surface area (Å²) in [4.78, 5) is 45.0. The van der Waals surface area contributed by atoms with E-state index in [9.17, 15) is 22.8 Å². The smallest absolute Gasteiger partial charge is 0.475 e. The zero-order valence-corrected chi connectivity index (χ0v) is 27.5. The highest BCUT2D eigenvalue weighted by atomic mass is 35.5. The number of amides is 1. The molecule has 4 heterocycles. The van der Waals surface area contributed by atoms with E-state index in [1.165, 1.54) is 10.7 Å². The first-order chi connectivity index (χ1) is 23.2. The van der Waals surface area contributed by atoms with Gasteiger partial charge >= 0.3 is 12.1 Å². The van der Waals surface area contributed by atoms with Crippen LogP contribution in [-0.2, 0) is 9.59 Å². The zero-order chi connectivity index (χ0) is 35.5. The lowest BCUT2D eigenvalue weighted by Gasteiger charge is -2.23. The predicted octanol–water partition coefficient (Wildman–Crippen LogP) is 7.15. The molecule has 2 aromatic carbocycles. The van der Waals surface area contributed by atoms with E-state index >= 15 is 0 Å². The van der Waals surface area contributed by atoms with Crippen molar-refractivity contribution < 1.29 is 27.9 Å². The van der Waals surface area contributed by atoms with E-state index < -0.39 is 12.1 Å². The second kappa shape index (κ2) is 14.6. The number of nitrogens with zero attached hydrogens (tertiary/aromatic N) is 6. The first kappa shape index (κ1) is 35.2. The Kier molecular flexibility index (Phi) is 10.5. The number of carboxylic acid groups (broad SMARTS) is 1.